The Balaban J connectivity index is 1.41. The standard InChI is InChI=1S/C27H27N5O2S/c1-18-3-9-25(35-21-6-4-20(5-7-21)29-19(2)33)24(17-18)30-23-11-12-28-27-22(23)8-10-26(31-27)32-13-15-34-16-14-32/h3-12,17H,13-16H2,1-2H3,(H,29,33)(H,28,30,31). The van der Waals surface area contributed by atoms with E-state index in [1.807, 2.05) is 30.3 Å². The summed E-state index contributed by atoms with van der Waals surface area (Å²) in [6, 6.07) is 20.4. The van der Waals surface area contributed by atoms with Gasteiger partial charge in [-0.25, -0.2) is 9.97 Å². The topological polar surface area (TPSA) is 79.4 Å². The summed E-state index contributed by atoms with van der Waals surface area (Å²) in [5.74, 6) is 0.853. The second-order valence-corrected chi connectivity index (χ2v) is 9.55. The summed E-state index contributed by atoms with van der Waals surface area (Å²) < 4.78 is 5.46. The van der Waals surface area contributed by atoms with Crippen LogP contribution in [0.15, 0.2) is 76.7 Å². The fourth-order valence-corrected chi connectivity index (χ4v) is 4.89. The highest BCUT2D eigenvalue weighted by Gasteiger charge is 2.14. The highest BCUT2D eigenvalue weighted by molar-refractivity contribution is 7.99. The number of fused-ring (bicyclic) bond motifs is 1. The van der Waals surface area contributed by atoms with E-state index in [1.165, 1.54) is 12.5 Å². The molecule has 178 valence electrons. The van der Waals surface area contributed by atoms with Gasteiger partial charge >= 0.3 is 0 Å². The summed E-state index contributed by atoms with van der Waals surface area (Å²) in [4.78, 5) is 25.1. The van der Waals surface area contributed by atoms with Gasteiger partial charge in [-0.15, -0.1) is 0 Å². The second kappa shape index (κ2) is 10.3. The molecule has 4 aromatic rings. The number of anilines is 4. The summed E-state index contributed by atoms with van der Waals surface area (Å²) >= 11 is 1.67. The summed E-state index contributed by atoms with van der Waals surface area (Å²) in [6.07, 6.45) is 1.80. The van der Waals surface area contributed by atoms with Gasteiger partial charge in [-0.2, -0.15) is 0 Å². The number of benzene rings is 2. The predicted octanol–water partition coefficient (Wildman–Crippen LogP) is 5.63. The van der Waals surface area contributed by atoms with Gasteiger partial charge in [0.2, 0.25) is 5.91 Å². The largest absolute Gasteiger partial charge is 0.378 e. The summed E-state index contributed by atoms with van der Waals surface area (Å²) in [5.41, 5.74) is 4.66. The molecule has 8 heteroatoms. The lowest BCUT2D eigenvalue weighted by atomic mass is 10.2. The molecule has 1 saturated heterocycles. The third-order valence-corrected chi connectivity index (χ3v) is 6.81. The van der Waals surface area contributed by atoms with Crippen molar-refractivity contribution in [1.82, 2.24) is 9.97 Å². The van der Waals surface area contributed by atoms with Gasteiger partial charge in [0.15, 0.2) is 5.65 Å². The van der Waals surface area contributed by atoms with Crippen molar-refractivity contribution in [2.24, 2.45) is 0 Å². The van der Waals surface area contributed by atoms with Crippen molar-refractivity contribution in [3.8, 4) is 0 Å². The fourth-order valence-electron chi connectivity index (χ4n) is 4.01. The van der Waals surface area contributed by atoms with E-state index in [0.717, 1.165) is 70.0 Å². The summed E-state index contributed by atoms with van der Waals surface area (Å²) in [5, 5.41) is 7.40. The van der Waals surface area contributed by atoms with E-state index in [4.69, 9.17) is 9.72 Å². The number of aromatic nitrogens is 2. The van der Waals surface area contributed by atoms with Crippen molar-refractivity contribution in [2.75, 3.05) is 41.8 Å². The zero-order valence-corrected chi connectivity index (χ0v) is 20.6. The molecule has 1 aliphatic heterocycles. The van der Waals surface area contributed by atoms with Crippen LogP contribution in [0.1, 0.15) is 12.5 Å². The number of morpholine rings is 1. The minimum atomic E-state index is -0.0773. The molecule has 7 nitrogen and oxygen atoms in total. The SMILES string of the molecule is CC(=O)Nc1ccc(Sc2ccc(C)cc2Nc2ccnc3nc(N4CCOCC4)ccc23)cc1. The van der Waals surface area contributed by atoms with E-state index in [0.29, 0.717) is 0 Å². The molecule has 0 atom stereocenters. The van der Waals surface area contributed by atoms with E-state index in [2.05, 4.69) is 57.8 Å². The molecular weight excluding hydrogens is 458 g/mol. The minimum absolute atomic E-state index is 0.0773. The minimum Gasteiger partial charge on any atom is -0.378 e. The van der Waals surface area contributed by atoms with Crippen LogP contribution in [0, 0.1) is 6.92 Å². The third kappa shape index (κ3) is 5.55. The van der Waals surface area contributed by atoms with Crippen LogP contribution in [0.3, 0.4) is 0 Å². The number of aryl methyl sites for hydroxylation is 1. The smallest absolute Gasteiger partial charge is 0.221 e. The fraction of sp³-hybridized carbons (Fsp3) is 0.222. The van der Waals surface area contributed by atoms with Gasteiger partial charge in [0.05, 0.1) is 24.6 Å². The van der Waals surface area contributed by atoms with Crippen molar-refractivity contribution in [3.05, 3.63) is 72.4 Å². The first kappa shape index (κ1) is 23.1. The first-order chi connectivity index (χ1) is 17.0. The van der Waals surface area contributed by atoms with Crippen molar-refractivity contribution >= 4 is 51.6 Å². The molecule has 2 aromatic carbocycles. The van der Waals surface area contributed by atoms with E-state index >= 15 is 0 Å². The van der Waals surface area contributed by atoms with Crippen molar-refractivity contribution in [1.29, 1.82) is 0 Å². The zero-order valence-electron chi connectivity index (χ0n) is 19.7. The van der Waals surface area contributed by atoms with E-state index < -0.39 is 0 Å². The number of ether oxygens (including phenoxy) is 1. The first-order valence-corrected chi connectivity index (χ1v) is 12.4. The van der Waals surface area contributed by atoms with Crippen LogP contribution < -0.4 is 15.5 Å². The van der Waals surface area contributed by atoms with Gasteiger partial charge in [0, 0.05) is 47.1 Å². The van der Waals surface area contributed by atoms with Crippen LogP contribution in [0.25, 0.3) is 11.0 Å². The summed E-state index contributed by atoms with van der Waals surface area (Å²) in [6.45, 7) is 6.71. The zero-order chi connectivity index (χ0) is 24.2. The van der Waals surface area contributed by atoms with Crippen molar-refractivity contribution < 1.29 is 9.53 Å². The normalized spacial score (nSPS) is 13.6. The van der Waals surface area contributed by atoms with Crippen LogP contribution in [-0.4, -0.2) is 42.2 Å². The van der Waals surface area contributed by atoms with Crippen LogP contribution in [0.4, 0.5) is 22.9 Å². The second-order valence-electron chi connectivity index (χ2n) is 8.43. The Bertz CT molecular complexity index is 1350. The van der Waals surface area contributed by atoms with Gasteiger partial charge < -0.3 is 20.3 Å². The molecule has 0 saturated carbocycles. The number of hydrogen-bond acceptors (Lipinski definition) is 7. The quantitative estimate of drug-likeness (QED) is 0.366. The average molecular weight is 486 g/mol. The molecule has 1 amide bonds. The number of hydrogen-bond donors (Lipinski definition) is 2. The van der Waals surface area contributed by atoms with Gasteiger partial charge in [-0.05, 0) is 67.1 Å². The highest BCUT2D eigenvalue weighted by atomic mass is 32.2. The van der Waals surface area contributed by atoms with Gasteiger partial charge in [0.1, 0.15) is 5.82 Å². The molecular formula is C27H27N5O2S. The maximum absolute atomic E-state index is 11.3. The molecule has 5 rings (SSSR count). The number of amides is 1. The maximum atomic E-state index is 11.3. The molecule has 0 radical (unpaired) electrons. The predicted molar refractivity (Wildman–Crippen MR) is 142 cm³/mol. The van der Waals surface area contributed by atoms with Crippen LogP contribution in [0.5, 0.6) is 0 Å². The molecule has 0 spiro atoms. The number of carbonyl (C=O) groups excluding carboxylic acids is 1. The lowest BCUT2D eigenvalue weighted by molar-refractivity contribution is -0.114. The number of pyridine rings is 2. The molecule has 0 bridgehead atoms. The van der Waals surface area contributed by atoms with Crippen molar-refractivity contribution in [2.45, 2.75) is 23.6 Å². The third-order valence-electron chi connectivity index (χ3n) is 5.73. The molecule has 35 heavy (non-hydrogen) atoms. The average Bonchev–Trinajstić information content (AvgIpc) is 2.87. The molecule has 0 aliphatic carbocycles. The lowest BCUT2D eigenvalue weighted by Crippen LogP contribution is -2.36. The van der Waals surface area contributed by atoms with E-state index in [9.17, 15) is 4.79 Å². The summed E-state index contributed by atoms with van der Waals surface area (Å²) in [7, 11) is 0. The Labute approximate surface area is 208 Å². The Hall–Kier alpha value is -3.62. The molecule has 2 N–H and O–H groups in total. The lowest BCUT2D eigenvalue weighted by Gasteiger charge is -2.27. The Morgan fingerprint density at radius 3 is 2.57 bits per heavy atom. The molecule has 1 aliphatic rings. The molecule has 0 unspecified atom stereocenters. The van der Waals surface area contributed by atoms with Crippen molar-refractivity contribution in [3.63, 3.8) is 0 Å². The number of nitrogens with one attached hydrogen (secondary N) is 2. The Morgan fingerprint density at radius 2 is 1.80 bits per heavy atom. The molecule has 2 aromatic heterocycles. The monoisotopic (exact) mass is 485 g/mol. The number of nitrogens with zero attached hydrogens (tertiary/aromatic N) is 3. The molecule has 1 fully saturated rings. The first-order valence-electron chi connectivity index (χ1n) is 11.6. The Morgan fingerprint density at radius 1 is 1.00 bits per heavy atom. The van der Waals surface area contributed by atoms with E-state index in [-0.39, 0.29) is 5.91 Å². The number of rotatable bonds is 6. The van der Waals surface area contributed by atoms with E-state index in [1.54, 1.807) is 18.0 Å². The van der Waals surface area contributed by atoms with Crippen LogP contribution >= 0.6 is 11.8 Å². The van der Waals surface area contributed by atoms with Crippen LogP contribution in [-0.2, 0) is 9.53 Å². The van der Waals surface area contributed by atoms with Crippen LogP contribution in [0.2, 0.25) is 0 Å². The number of carbonyl (C=O) groups is 1. The van der Waals surface area contributed by atoms with Gasteiger partial charge in [-0.1, -0.05) is 17.8 Å². The Kier molecular flexibility index (Phi) is 6.83. The maximum Gasteiger partial charge on any atom is 0.221 e. The van der Waals surface area contributed by atoms with Gasteiger partial charge in [0.25, 0.3) is 0 Å². The van der Waals surface area contributed by atoms with Gasteiger partial charge in [-0.3, -0.25) is 4.79 Å². The highest BCUT2D eigenvalue weighted by Crippen LogP contribution is 2.37. The molecule has 3 heterocycles.